The number of carbonyl (C=O) groups excluding carboxylic acids is 1. The Bertz CT molecular complexity index is 1040. The summed E-state index contributed by atoms with van der Waals surface area (Å²) in [6.45, 7) is 4.68. The van der Waals surface area contributed by atoms with Crippen LogP contribution in [-0.2, 0) is 26.1 Å². The number of aryl methyl sites for hydroxylation is 2. The number of ether oxygens (including phenoxy) is 1. The van der Waals surface area contributed by atoms with Gasteiger partial charge in [-0.1, -0.05) is 0 Å². The summed E-state index contributed by atoms with van der Waals surface area (Å²) in [6.07, 6.45) is 0.0624. The number of morpholine rings is 1. The molecule has 1 N–H and O–H groups in total. The van der Waals surface area contributed by atoms with Gasteiger partial charge in [-0.25, -0.2) is 8.42 Å². The number of aromatic nitrogens is 2. The van der Waals surface area contributed by atoms with Crippen molar-refractivity contribution in [2.75, 3.05) is 31.6 Å². The molecule has 1 aromatic heterocycles. The zero-order chi connectivity index (χ0) is 21.9. The van der Waals surface area contributed by atoms with Crippen molar-refractivity contribution in [3.63, 3.8) is 0 Å². The van der Waals surface area contributed by atoms with Crippen LogP contribution in [0.2, 0.25) is 0 Å². The molecule has 0 spiro atoms. The molecule has 0 atom stereocenters. The predicted octanol–water partition coefficient (Wildman–Crippen LogP) is 1.46. The largest absolute Gasteiger partial charge is 0.379 e. The average Bonchev–Trinajstić information content (AvgIpc) is 3.01. The third-order valence-corrected chi connectivity index (χ3v) is 6.74. The smallest absolute Gasteiger partial charge is 0.312 e. The molecule has 1 aliphatic rings. The number of anilines is 1. The molecule has 11 nitrogen and oxygen atoms in total. The van der Waals surface area contributed by atoms with E-state index in [1.54, 1.807) is 13.8 Å². The zero-order valence-corrected chi connectivity index (χ0v) is 17.5. The minimum absolute atomic E-state index is 0.0486. The Hall–Kier alpha value is -2.83. The van der Waals surface area contributed by atoms with Crippen LogP contribution in [0.1, 0.15) is 17.8 Å². The summed E-state index contributed by atoms with van der Waals surface area (Å²) < 4.78 is 33.2. The molecule has 162 valence electrons. The first kappa shape index (κ1) is 21.9. The molecule has 1 aromatic carbocycles. The molecule has 12 heteroatoms. The fourth-order valence-electron chi connectivity index (χ4n) is 3.25. The van der Waals surface area contributed by atoms with Gasteiger partial charge in [0.25, 0.3) is 0 Å². The normalized spacial score (nSPS) is 15.1. The SMILES string of the molecule is Cc1nn(CCC(=O)Nc2ccc(S(=O)(=O)N3CCOCC3)cc2)c(C)c1[N+](=O)[O-]. The van der Waals surface area contributed by atoms with Crippen LogP contribution in [0.4, 0.5) is 11.4 Å². The summed E-state index contributed by atoms with van der Waals surface area (Å²) in [6, 6.07) is 5.95. The molecule has 2 heterocycles. The van der Waals surface area contributed by atoms with Crippen LogP contribution < -0.4 is 5.32 Å². The van der Waals surface area contributed by atoms with Gasteiger partial charge in [0.05, 0.1) is 29.6 Å². The van der Waals surface area contributed by atoms with Crippen molar-refractivity contribution in [3.8, 4) is 0 Å². The van der Waals surface area contributed by atoms with E-state index in [0.29, 0.717) is 43.4 Å². The summed E-state index contributed by atoms with van der Waals surface area (Å²) in [7, 11) is -3.59. The van der Waals surface area contributed by atoms with Gasteiger partial charge in [-0.05, 0) is 38.1 Å². The van der Waals surface area contributed by atoms with Gasteiger partial charge < -0.3 is 10.1 Å². The van der Waals surface area contributed by atoms with Gasteiger partial charge in [0.1, 0.15) is 11.4 Å². The predicted molar refractivity (Wildman–Crippen MR) is 108 cm³/mol. The molecular formula is C18H23N5O6S. The van der Waals surface area contributed by atoms with Gasteiger partial charge in [-0.15, -0.1) is 0 Å². The first-order chi connectivity index (χ1) is 14.2. The highest BCUT2D eigenvalue weighted by Gasteiger charge is 2.26. The van der Waals surface area contributed by atoms with Gasteiger partial charge in [0, 0.05) is 25.2 Å². The summed E-state index contributed by atoms with van der Waals surface area (Å²) in [4.78, 5) is 22.9. The average molecular weight is 437 g/mol. The molecule has 1 amide bonds. The summed E-state index contributed by atoms with van der Waals surface area (Å²) >= 11 is 0. The molecule has 0 unspecified atom stereocenters. The zero-order valence-electron chi connectivity index (χ0n) is 16.7. The number of rotatable bonds is 7. The van der Waals surface area contributed by atoms with Gasteiger partial charge >= 0.3 is 5.69 Å². The molecule has 2 aromatic rings. The standard InChI is InChI=1S/C18H23N5O6S/c1-13-18(23(25)26)14(2)22(20-13)8-7-17(24)19-15-3-5-16(6-4-15)30(27,28)21-9-11-29-12-10-21/h3-6H,7-12H2,1-2H3,(H,19,24). The Morgan fingerprint density at radius 1 is 1.23 bits per heavy atom. The van der Waals surface area contributed by atoms with Crippen LogP contribution in [0.3, 0.4) is 0 Å². The Kier molecular flexibility index (Phi) is 6.48. The molecule has 1 fully saturated rings. The van der Waals surface area contributed by atoms with E-state index < -0.39 is 14.9 Å². The monoisotopic (exact) mass is 437 g/mol. The number of benzene rings is 1. The topological polar surface area (TPSA) is 137 Å². The maximum Gasteiger partial charge on any atom is 0.312 e. The van der Waals surface area contributed by atoms with Gasteiger partial charge in [-0.3, -0.25) is 19.6 Å². The van der Waals surface area contributed by atoms with Crippen molar-refractivity contribution in [2.45, 2.75) is 31.7 Å². The highest BCUT2D eigenvalue weighted by molar-refractivity contribution is 7.89. The van der Waals surface area contributed by atoms with Crippen molar-refractivity contribution < 1.29 is 22.9 Å². The Balaban J connectivity index is 1.60. The van der Waals surface area contributed by atoms with E-state index in [1.165, 1.54) is 33.3 Å². The number of hydrogen-bond acceptors (Lipinski definition) is 7. The minimum atomic E-state index is -3.59. The van der Waals surface area contributed by atoms with Gasteiger partial charge in [0.2, 0.25) is 15.9 Å². The van der Waals surface area contributed by atoms with E-state index in [2.05, 4.69) is 10.4 Å². The molecule has 1 aliphatic heterocycles. The van der Waals surface area contributed by atoms with E-state index in [9.17, 15) is 23.3 Å². The lowest BCUT2D eigenvalue weighted by molar-refractivity contribution is -0.386. The molecule has 0 bridgehead atoms. The van der Waals surface area contributed by atoms with Crippen LogP contribution in [-0.4, -0.2) is 59.6 Å². The number of amides is 1. The maximum atomic E-state index is 12.6. The summed E-state index contributed by atoms with van der Waals surface area (Å²) in [5, 5.41) is 17.9. The lowest BCUT2D eigenvalue weighted by Crippen LogP contribution is -2.40. The highest BCUT2D eigenvalue weighted by atomic mass is 32.2. The van der Waals surface area contributed by atoms with E-state index in [4.69, 9.17) is 4.74 Å². The molecule has 0 radical (unpaired) electrons. The molecule has 30 heavy (non-hydrogen) atoms. The lowest BCUT2D eigenvalue weighted by Gasteiger charge is -2.26. The Morgan fingerprint density at radius 2 is 1.87 bits per heavy atom. The number of nitro groups is 1. The number of nitrogens with zero attached hydrogens (tertiary/aromatic N) is 4. The van der Waals surface area contributed by atoms with E-state index >= 15 is 0 Å². The molecule has 0 aliphatic carbocycles. The van der Waals surface area contributed by atoms with Crippen molar-refractivity contribution in [1.82, 2.24) is 14.1 Å². The number of hydrogen-bond donors (Lipinski definition) is 1. The fraction of sp³-hybridized carbons (Fsp3) is 0.444. The Morgan fingerprint density at radius 3 is 2.43 bits per heavy atom. The number of sulfonamides is 1. The van der Waals surface area contributed by atoms with Crippen LogP contribution in [0, 0.1) is 24.0 Å². The quantitative estimate of drug-likeness (QED) is 0.511. The van der Waals surface area contributed by atoms with Crippen molar-refractivity contribution in [3.05, 3.63) is 45.8 Å². The third kappa shape index (κ3) is 4.66. The second-order valence-corrected chi connectivity index (χ2v) is 8.78. The summed E-state index contributed by atoms with van der Waals surface area (Å²) in [5.74, 6) is -0.311. The molecular weight excluding hydrogens is 414 g/mol. The van der Waals surface area contributed by atoms with Crippen LogP contribution >= 0.6 is 0 Å². The van der Waals surface area contributed by atoms with Crippen molar-refractivity contribution in [1.29, 1.82) is 0 Å². The Labute approximate surface area is 173 Å². The maximum absolute atomic E-state index is 12.6. The second kappa shape index (κ2) is 8.90. The molecule has 1 saturated heterocycles. The first-order valence-electron chi connectivity index (χ1n) is 9.36. The van der Waals surface area contributed by atoms with Crippen LogP contribution in [0.5, 0.6) is 0 Å². The van der Waals surface area contributed by atoms with Crippen LogP contribution in [0.25, 0.3) is 0 Å². The second-order valence-electron chi connectivity index (χ2n) is 6.84. The van der Waals surface area contributed by atoms with Gasteiger partial charge in [0.15, 0.2) is 0 Å². The minimum Gasteiger partial charge on any atom is -0.379 e. The van der Waals surface area contributed by atoms with Crippen LogP contribution in [0.15, 0.2) is 29.2 Å². The van der Waals surface area contributed by atoms with E-state index in [0.717, 1.165) is 0 Å². The first-order valence-corrected chi connectivity index (χ1v) is 10.8. The third-order valence-electron chi connectivity index (χ3n) is 4.82. The van der Waals surface area contributed by atoms with Crippen molar-refractivity contribution in [2.24, 2.45) is 0 Å². The molecule has 0 saturated carbocycles. The van der Waals surface area contributed by atoms with E-state index in [-0.39, 0.29) is 29.5 Å². The molecule has 3 rings (SSSR count). The lowest BCUT2D eigenvalue weighted by atomic mass is 10.3. The number of carbonyl (C=O) groups is 1. The van der Waals surface area contributed by atoms with Crippen molar-refractivity contribution >= 4 is 27.3 Å². The van der Waals surface area contributed by atoms with E-state index in [1.807, 2.05) is 0 Å². The highest BCUT2D eigenvalue weighted by Crippen LogP contribution is 2.22. The number of nitrogens with one attached hydrogen (secondary N) is 1. The fourth-order valence-corrected chi connectivity index (χ4v) is 4.65. The summed E-state index contributed by atoms with van der Waals surface area (Å²) in [5.41, 5.74) is 1.10. The van der Waals surface area contributed by atoms with Gasteiger partial charge in [-0.2, -0.15) is 9.40 Å².